The van der Waals surface area contributed by atoms with Crippen molar-refractivity contribution in [3.05, 3.63) is 30.1 Å². The lowest BCUT2D eigenvalue weighted by Gasteiger charge is -1.97. The summed E-state index contributed by atoms with van der Waals surface area (Å²) in [6.07, 6.45) is 1.62. The second-order valence-electron chi connectivity index (χ2n) is 2.69. The highest BCUT2D eigenvalue weighted by molar-refractivity contribution is 5.92. The molecule has 6 nitrogen and oxygen atoms in total. The SMILES string of the molecule is NNc1nc2ccccn2c1C(=O)O. The Morgan fingerprint density at radius 3 is 3.00 bits per heavy atom. The summed E-state index contributed by atoms with van der Waals surface area (Å²) >= 11 is 0. The molecule has 0 unspecified atom stereocenters. The van der Waals surface area contributed by atoms with E-state index in [0.717, 1.165) is 0 Å². The maximum atomic E-state index is 10.9. The monoisotopic (exact) mass is 192 g/mol. The first-order valence-corrected chi connectivity index (χ1v) is 3.91. The molecular weight excluding hydrogens is 184 g/mol. The maximum Gasteiger partial charge on any atom is 0.356 e. The Hall–Kier alpha value is -2.08. The molecule has 6 heteroatoms. The van der Waals surface area contributed by atoms with Gasteiger partial charge in [0.25, 0.3) is 0 Å². The van der Waals surface area contributed by atoms with E-state index in [4.69, 9.17) is 10.9 Å². The van der Waals surface area contributed by atoms with E-state index in [2.05, 4.69) is 10.4 Å². The number of hydrogen-bond acceptors (Lipinski definition) is 4. The molecular formula is C8H8N4O2. The van der Waals surface area contributed by atoms with Gasteiger partial charge in [-0.3, -0.25) is 4.40 Å². The molecule has 0 aromatic carbocycles. The van der Waals surface area contributed by atoms with Crippen molar-refractivity contribution < 1.29 is 9.90 Å². The summed E-state index contributed by atoms with van der Waals surface area (Å²) in [6, 6.07) is 5.20. The van der Waals surface area contributed by atoms with Crippen LogP contribution in [0.15, 0.2) is 24.4 Å². The van der Waals surface area contributed by atoms with Crippen LogP contribution in [0.25, 0.3) is 5.65 Å². The van der Waals surface area contributed by atoms with E-state index < -0.39 is 5.97 Å². The summed E-state index contributed by atoms with van der Waals surface area (Å²) in [5.74, 6) is 4.25. The Morgan fingerprint density at radius 2 is 2.36 bits per heavy atom. The average molecular weight is 192 g/mol. The first kappa shape index (κ1) is 8.52. The van der Waals surface area contributed by atoms with Crippen LogP contribution in [0.2, 0.25) is 0 Å². The van der Waals surface area contributed by atoms with E-state index in [1.54, 1.807) is 24.4 Å². The predicted molar refractivity (Wildman–Crippen MR) is 50.0 cm³/mol. The van der Waals surface area contributed by atoms with Crippen molar-refractivity contribution in [3.8, 4) is 0 Å². The van der Waals surface area contributed by atoms with Gasteiger partial charge in [-0.1, -0.05) is 6.07 Å². The molecule has 0 fully saturated rings. The number of nitrogens with one attached hydrogen (secondary N) is 1. The van der Waals surface area contributed by atoms with Crippen molar-refractivity contribution in [2.45, 2.75) is 0 Å². The molecule has 0 amide bonds. The van der Waals surface area contributed by atoms with Crippen molar-refractivity contribution in [1.82, 2.24) is 9.38 Å². The highest BCUT2D eigenvalue weighted by Crippen LogP contribution is 2.15. The van der Waals surface area contributed by atoms with E-state index in [-0.39, 0.29) is 11.5 Å². The van der Waals surface area contributed by atoms with Crippen LogP contribution in [0, 0.1) is 0 Å². The van der Waals surface area contributed by atoms with Crippen LogP contribution in [0.1, 0.15) is 10.5 Å². The molecule has 72 valence electrons. The average Bonchev–Trinajstić information content (AvgIpc) is 2.55. The summed E-state index contributed by atoms with van der Waals surface area (Å²) in [4.78, 5) is 14.9. The minimum absolute atomic E-state index is 0.0306. The number of nitrogens with zero attached hydrogens (tertiary/aromatic N) is 2. The number of hydrogen-bond donors (Lipinski definition) is 3. The Bertz CT molecular complexity index is 491. The minimum Gasteiger partial charge on any atom is -0.476 e. The predicted octanol–water partition coefficient (Wildman–Crippen LogP) is 0.318. The maximum absolute atomic E-state index is 10.9. The van der Waals surface area contributed by atoms with Crippen molar-refractivity contribution in [3.63, 3.8) is 0 Å². The quantitative estimate of drug-likeness (QED) is 0.470. The van der Waals surface area contributed by atoms with Crippen molar-refractivity contribution in [2.75, 3.05) is 5.43 Å². The normalized spacial score (nSPS) is 10.4. The summed E-state index contributed by atoms with van der Waals surface area (Å²) in [5, 5.41) is 8.93. The van der Waals surface area contributed by atoms with Crippen LogP contribution in [0.3, 0.4) is 0 Å². The lowest BCUT2D eigenvalue weighted by Crippen LogP contribution is -2.12. The number of hydrazine groups is 1. The molecule has 2 aromatic rings. The van der Waals surface area contributed by atoms with E-state index in [1.165, 1.54) is 4.40 Å². The lowest BCUT2D eigenvalue weighted by atomic mass is 10.4. The first-order valence-electron chi connectivity index (χ1n) is 3.91. The molecule has 2 heterocycles. The molecule has 14 heavy (non-hydrogen) atoms. The van der Waals surface area contributed by atoms with Gasteiger partial charge in [-0.2, -0.15) is 0 Å². The standard InChI is InChI=1S/C8H8N4O2/c9-11-7-6(8(13)14)12-4-2-1-3-5(12)10-7/h1-4,11H,9H2,(H,13,14). The first-order chi connectivity index (χ1) is 6.74. The number of aromatic nitrogens is 2. The lowest BCUT2D eigenvalue weighted by molar-refractivity contribution is 0.0690. The molecule has 2 aromatic heterocycles. The topological polar surface area (TPSA) is 92.6 Å². The van der Waals surface area contributed by atoms with Crippen molar-refractivity contribution in [2.24, 2.45) is 5.84 Å². The highest BCUT2D eigenvalue weighted by Gasteiger charge is 2.16. The van der Waals surface area contributed by atoms with Gasteiger partial charge in [0.1, 0.15) is 5.65 Å². The zero-order valence-electron chi connectivity index (χ0n) is 7.14. The second kappa shape index (κ2) is 3.00. The number of rotatable bonds is 2. The summed E-state index contributed by atoms with van der Waals surface area (Å²) in [6.45, 7) is 0. The molecule has 0 aliphatic heterocycles. The van der Waals surface area contributed by atoms with E-state index in [0.29, 0.717) is 5.65 Å². The van der Waals surface area contributed by atoms with Gasteiger partial charge < -0.3 is 10.5 Å². The molecule has 0 spiro atoms. The zero-order chi connectivity index (χ0) is 10.1. The van der Waals surface area contributed by atoms with Crippen LogP contribution in [-0.2, 0) is 0 Å². The van der Waals surface area contributed by atoms with E-state index in [1.807, 2.05) is 0 Å². The molecule has 0 radical (unpaired) electrons. The fourth-order valence-electron chi connectivity index (χ4n) is 1.30. The van der Waals surface area contributed by atoms with Crippen molar-refractivity contribution >= 4 is 17.4 Å². The molecule has 0 aliphatic carbocycles. The number of carbonyl (C=O) groups is 1. The minimum atomic E-state index is -1.07. The van der Waals surface area contributed by atoms with Gasteiger partial charge in [-0.25, -0.2) is 15.6 Å². The number of pyridine rings is 1. The summed E-state index contributed by atoms with van der Waals surface area (Å²) in [5.41, 5.74) is 2.82. The van der Waals surface area contributed by atoms with Gasteiger partial charge in [0.15, 0.2) is 11.5 Å². The van der Waals surface area contributed by atoms with Gasteiger partial charge >= 0.3 is 5.97 Å². The number of nitrogen functional groups attached to an aromatic ring is 1. The fraction of sp³-hybridized carbons (Fsp3) is 0. The number of carboxylic acid groups (broad SMARTS) is 1. The smallest absolute Gasteiger partial charge is 0.356 e. The van der Waals surface area contributed by atoms with Crippen LogP contribution >= 0.6 is 0 Å². The van der Waals surface area contributed by atoms with Crippen molar-refractivity contribution in [1.29, 1.82) is 0 Å². The van der Waals surface area contributed by atoms with Gasteiger partial charge in [0, 0.05) is 6.20 Å². The summed E-state index contributed by atoms with van der Waals surface area (Å²) < 4.78 is 1.46. The summed E-state index contributed by atoms with van der Waals surface area (Å²) in [7, 11) is 0. The molecule has 0 aliphatic rings. The van der Waals surface area contributed by atoms with E-state index in [9.17, 15) is 4.79 Å². The largest absolute Gasteiger partial charge is 0.476 e. The number of imidazole rings is 1. The third-order valence-corrected chi connectivity index (χ3v) is 1.87. The second-order valence-corrected chi connectivity index (χ2v) is 2.69. The molecule has 0 saturated heterocycles. The van der Waals surface area contributed by atoms with E-state index >= 15 is 0 Å². The van der Waals surface area contributed by atoms with Gasteiger partial charge in [0.05, 0.1) is 0 Å². The van der Waals surface area contributed by atoms with Crippen LogP contribution < -0.4 is 11.3 Å². The fourth-order valence-corrected chi connectivity index (χ4v) is 1.30. The third kappa shape index (κ3) is 1.09. The molecule has 2 rings (SSSR count). The number of anilines is 1. The molecule has 4 N–H and O–H groups in total. The number of fused-ring (bicyclic) bond motifs is 1. The van der Waals surface area contributed by atoms with Crippen LogP contribution in [-0.4, -0.2) is 20.5 Å². The zero-order valence-corrected chi connectivity index (χ0v) is 7.14. The number of aromatic carboxylic acids is 1. The third-order valence-electron chi connectivity index (χ3n) is 1.87. The number of nitrogens with two attached hydrogens (primary N) is 1. The Balaban J connectivity index is 2.81. The Morgan fingerprint density at radius 1 is 1.57 bits per heavy atom. The Labute approximate surface area is 78.9 Å². The van der Waals surface area contributed by atoms with Crippen LogP contribution in [0.4, 0.5) is 5.82 Å². The highest BCUT2D eigenvalue weighted by atomic mass is 16.4. The molecule has 0 atom stereocenters. The van der Waals surface area contributed by atoms with Gasteiger partial charge in [-0.15, -0.1) is 0 Å². The Kier molecular flexibility index (Phi) is 1.83. The van der Waals surface area contributed by atoms with Gasteiger partial charge in [-0.05, 0) is 12.1 Å². The molecule has 0 saturated carbocycles. The van der Waals surface area contributed by atoms with Crippen LogP contribution in [0.5, 0.6) is 0 Å². The molecule has 0 bridgehead atoms. The van der Waals surface area contributed by atoms with Gasteiger partial charge in [0.2, 0.25) is 0 Å². The number of carboxylic acids is 1.